The molecular formula is C35H37NO. The first-order valence-electron chi connectivity index (χ1n) is 13.7. The van der Waals surface area contributed by atoms with Crippen LogP contribution in [0.15, 0.2) is 83.4 Å². The molecule has 0 spiro atoms. The first-order chi connectivity index (χ1) is 17.7. The van der Waals surface area contributed by atoms with Gasteiger partial charge in [-0.1, -0.05) is 65.0 Å². The molecule has 0 bridgehead atoms. The fourth-order valence-electron chi connectivity index (χ4n) is 6.01. The summed E-state index contributed by atoms with van der Waals surface area (Å²) < 4.78 is 6.34. The Morgan fingerprint density at radius 1 is 0.811 bits per heavy atom. The van der Waals surface area contributed by atoms with Gasteiger partial charge in [-0.15, -0.1) is 0 Å². The number of rotatable bonds is 3. The van der Waals surface area contributed by atoms with Crippen molar-refractivity contribution in [1.82, 2.24) is 4.98 Å². The molecule has 0 amide bonds. The number of pyridine rings is 1. The predicted molar refractivity (Wildman–Crippen MR) is 156 cm³/mol. The van der Waals surface area contributed by atoms with Crippen molar-refractivity contribution in [2.45, 2.75) is 71.6 Å². The number of fused-ring (bicyclic) bond motifs is 2. The molecule has 2 heteroatoms. The standard InChI is InChI=1S/C35H37NO/c1-34(2,3)30-20-27(19-25-8-6-7-9-29(25)30)31-21-26(14-17-36-31)33-22-28-18-24(10-11-32(28)37-33)23-12-15-35(4,5)16-13-23/h6-11,14,17-23H,12-13,15-16H2,1-5H3. The average Bonchev–Trinajstić information content (AvgIpc) is 3.31. The van der Waals surface area contributed by atoms with Crippen molar-refractivity contribution in [1.29, 1.82) is 0 Å². The summed E-state index contributed by atoms with van der Waals surface area (Å²) in [5.41, 5.74) is 7.45. The number of hydrogen-bond acceptors (Lipinski definition) is 2. The molecule has 0 atom stereocenters. The summed E-state index contributed by atoms with van der Waals surface area (Å²) >= 11 is 0. The average molecular weight is 488 g/mol. The number of aromatic nitrogens is 1. The first kappa shape index (κ1) is 24.0. The Hall–Kier alpha value is -3.39. The summed E-state index contributed by atoms with van der Waals surface area (Å²) in [6.45, 7) is 11.6. The van der Waals surface area contributed by atoms with Crippen molar-refractivity contribution in [3.05, 3.63) is 90.1 Å². The van der Waals surface area contributed by atoms with Crippen LogP contribution in [0.1, 0.15) is 77.3 Å². The Labute approximate surface area is 220 Å². The molecule has 5 aromatic rings. The van der Waals surface area contributed by atoms with Crippen LogP contribution in [-0.4, -0.2) is 4.98 Å². The van der Waals surface area contributed by atoms with Gasteiger partial charge < -0.3 is 4.42 Å². The minimum absolute atomic E-state index is 0.0394. The molecule has 0 saturated heterocycles. The predicted octanol–water partition coefficient (Wildman–Crippen LogP) is 10.3. The Bertz CT molecular complexity index is 1590. The van der Waals surface area contributed by atoms with Gasteiger partial charge >= 0.3 is 0 Å². The highest BCUT2D eigenvalue weighted by Crippen LogP contribution is 2.43. The zero-order valence-electron chi connectivity index (χ0n) is 22.8. The van der Waals surface area contributed by atoms with Crippen LogP contribution in [0, 0.1) is 5.41 Å². The largest absolute Gasteiger partial charge is 0.456 e. The van der Waals surface area contributed by atoms with Gasteiger partial charge in [-0.05, 0) is 107 Å². The van der Waals surface area contributed by atoms with E-state index in [0.29, 0.717) is 11.3 Å². The van der Waals surface area contributed by atoms with Gasteiger partial charge in [-0.25, -0.2) is 0 Å². The lowest BCUT2D eigenvalue weighted by Gasteiger charge is -2.34. The van der Waals surface area contributed by atoms with Gasteiger partial charge in [0.05, 0.1) is 5.69 Å². The molecule has 6 rings (SSSR count). The molecule has 1 fully saturated rings. The van der Waals surface area contributed by atoms with Gasteiger partial charge in [-0.3, -0.25) is 4.98 Å². The number of benzene rings is 3. The van der Waals surface area contributed by atoms with Gasteiger partial charge in [0, 0.05) is 22.7 Å². The lowest BCUT2D eigenvalue weighted by molar-refractivity contribution is 0.224. The van der Waals surface area contributed by atoms with Crippen LogP contribution in [0.2, 0.25) is 0 Å². The Kier molecular flexibility index (Phi) is 5.75. The van der Waals surface area contributed by atoms with Crippen LogP contribution in [0.3, 0.4) is 0 Å². The van der Waals surface area contributed by atoms with E-state index in [2.05, 4.69) is 107 Å². The van der Waals surface area contributed by atoms with Crippen molar-refractivity contribution in [2.24, 2.45) is 5.41 Å². The molecule has 1 saturated carbocycles. The van der Waals surface area contributed by atoms with Crippen molar-refractivity contribution in [3.8, 4) is 22.6 Å². The molecule has 1 aliphatic rings. The van der Waals surface area contributed by atoms with E-state index < -0.39 is 0 Å². The Balaban J connectivity index is 1.35. The monoisotopic (exact) mass is 487 g/mol. The number of furan rings is 1. The van der Waals surface area contributed by atoms with E-state index in [-0.39, 0.29) is 5.41 Å². The molecule has 2 nitrogen and oxygen atoms in total. The summed E-state index contributed by atoms with van der Waals surface area (Å²) in [4.78, 5) is 4.76. The third-order valence-electron chi connectivity index (χ3n) is 8.36. The molecule has 0 aliphatic heterocycles. The topological polar surface area (TPSA) is 26.0 Å². The maximum absolute atomic E-state index is 6.34. The molecule has 37 heavy (non-hydrogen) atoms. The molecule has 2 aromatic heterocycles. The van der Waals surface area contributed by atoms with E-state index in [4.69, 9.17) is 9.40 Å². The van der Waals surface area contributed by atoms with Gasteiger partial charge in [0.25, 0.3) is 0 Å². The number of hydrogen-bond donors (Lipinski definition) is 0. The Morgan fingerprint density at radius 2 is 1.59 bits per heavy atom. The molecule has 3 aromatic carbocycles. The van der Waals surface area contributed by atoms with E-state index in [9.17, 15) is 0 Å². The highest BCUT2D eigenvalue weighted by atomic mass is 16.3. The normalized spacial score (nSPS) is 16.5. The molecule has 1 aliphatic carbocycles. The summed E-state index contributed by atoms with van der Waals surface area (Å²) in [7, 11) is 0. The fourth-order valence-corrected chi connectivity index (χ4v) is 6.01. The van der Waals surface area contributed by atoms with Crippen molar-refractivity contribution >= 4 is 21.7 Å². The SMILES string of the molecule is CC1(C)CCC(c2ccc3oc(-c4ccnc(-c5cc(C(C)(C)C)c6ccccc6c5)c4)cc3c2)CC1. The molecular weight excluding hydrogens is 450 g/mol. The maximum Gasteiger partial charge on any atom is 0.135 e. The van der Waals surface area contributed by atoms with Crippen LogP contribution in [0.4, 0.5) is 0 Å². The summed E-state index contributed by atoms with van der Waals surface area (Å²) in [6, 6.07) is 26.4. The highest BCUT2D eigenvalue weighted by Gasteiger charge is 2.28. The van der Waals surface area contributed by atoms with E-state index in [0.717, 1.165) is 28.2 Å². The zero-order valence-corrected chi connectivity index (χ0v) is 22.8. The highest BCUT2D eigenvalue weighted by molar-refractivity contribution is 5.91. The van der Waals surface area contributed by atoms with Gasteiger partial charge in [0.2, 0.25) is 0 Å². The van der Waals surface area contributed by atoms with Crippen molar-refractivity contribution < 1.29 is 4.42 Å². The fraction of sp³-hybridized carbons (Fsp3) is 0.343. The first-order valence-corrected chi connectivity index (χ1v) is 13.7. The lowest BCUT2D eigenvalue weighted by atomic mass is 9.71. The van der Waals surface area contributed by atoms with Crippen LogP contribution >= 0.6 is 0 Å². The van der Waals surface area contributed by atoms with E-state index >= 15 is 0 Å². The van der Waals surface area contributed by atoms with Crippen LogP contribution < -0.4 is 0 Å². The summed E-state index contributed by atoms with van der Waals surface area (Å²) in [5, 5.41) is 3.75. The van der Waals surface area contributed by atoms with Crippen LogP contribution in [0.25, 0.3) is 44.3 Å². The smallest absolute Gasteiger partial charge is 0.135 e. The minimum atomic E-state index is 0.0394. The summed E-state index contributed by atoms with van der Waals surface area (Å²) in [6.07, 6.45) is 7.06. The van der Waals surface area contributed by atoms with Gasteiger partial charge in [0.15, 0.2) is 0 Å². The quantitative estimate of drug-likeness (QED) is 0.253. The minimum Gasteiger partial charge on any atom is -0.456 e. The zero-order chi connectivity index (χ0) is 25.8. The van der Waals surface area contributed by atoms with Gasteiger partial charge in [0.1, 0.15) is 11.3 Å². The van der Waals surface area contributed by atoms with E-state index in [1.54, 1.807) is 0 Å². The van der Waals surface area contributed by atoms with Crippen molar-refractivity contribution in [2.75, 3.05) is 0 Å². The third kappa shape index (κ3) is 4.70. The lowest BCUT2D eigenvalue weighted by Crippen LogP contribution is -2.20. The second kappa shape index (κ2) is 8.87. The molecule has 2 heterocycles. The molecule has 0 unspecified atom stereocenters. The summed E-state index contributed by atoms with van der Waals surface area (Å²) in [5.74, 6) is 1.56. The van der Waals surface area contributed by atoms with E-state index in [1.807, 2.05) is 6.20 Å². The maximum atomic E-state index is 6.34. The molecule has 0 radical (unpaired) electrons. The Morgan fingerprint density at radius 3 is 2.38 bits per heavy atom. The van der Waals surface area contributed by atoms with E-state index in [1.165, 1.54) is 53.0 Å². The molecule has 188 valence electrons. The third-order valence-corrected chi connectivity index (χ3v) is 8.36. The number of nitrogens with zero attached hydrogens (tertiary/aromatic N) is 1. The second-order valence-corrected chi connectivity index (χ2v) is 12.8. The van der Waals surface area contributed by atoms with Gasteiger partial charge in [-0.2, -0.15) is 0 Å². The second-order valence-electron chi connectivity index (χ2n) is 12.8. The molecule has 0 N–H and O–H groups in total. The van der Waals surface area contributed by atoms with Crippen LogP contribution in [0.5, 0.6) is 0 Å². The van der Waals surface area contributed by atoms with Crippen molar-refractivity contribution in [3.63, 3.8) is 0 Å². The van der Waals surface area contributed by atoms with Crippen LogP contribution in [-0.2, 0) is 5.41 Å².